The molecule has 0 aliphatic heterocycles. The van der Waals surface area contributed by atoms with Gasteiger partial charge in [0.1, 0.15) is 0 Å². The molecule has 0 saturated heterocycles. The summed E-state index contributed by atoms with van der Waals surface area (Å²) in [7, 11) is 0. The molecule has 0 N–H and O–H groups in total. The number of nitrogens with zero attached hydrogens (tertiary/aromatic N) is 2. The van der Waals surface area contributed by atoms with E-state index in [-0.39, 0.29) is 0 Å². The van der Waals surface area contributed by atoms with Gasteiger partial charge in [0, 0.05) is 5.06 Å². The number of halogens is 6. The fraction of sp³-hybridized carbons (Fsp3) is 1.00. The predicted octanol–water partition coefficient (Wildman–Crippen LogP) is 2.39. The van der Waals surface area contributed by atoms with Crippen LogP contribution in [0.25, 0.3) is 0 Å². The number of hydrogen-bond acceptors (Lipinski definition) is 3. The molecule has 0 amide bonds. The smallest absolute Gasteiger partial charge is 0.156 e. The minimum Gasteiger partial charge on any atom is -0.156 e. The van der Waals surface area contributed by atoms with E-state index in [1.807, 2.05) is 0 Å². The van der Waals surface area contributed by atoms with Crippen LogP contribution < -0.4 is 0 Å². The van der Waals surface area contributed by atoms with Gasteiger partial charge in [-0.15, -0.1) is 4.61 Å². The highest BCUT2D eigenvalue weighted by Crippen LogP contribution is 2.34. The molecular formula is C2F6N2OS. The van der Waals surface area contributed by atoms with Crippen LogP contribution in [0.3, 0.4) is 0 Å². The van der Waals surface area contributed by atoms with Crippen LogP contribution in [0.4, 0.5) is 26.3 Å². The van der Waals surface area contributed by atoms with Crippen LogP contribution in [0.15, 0.2) is 0 Å². The molecule has 0 unspecified atom stereocenters. The van der Waals surface area contributed by atoms with Gasteiger partial charge < -0.3 is 0 Å². The lowest BCUT2D eigenvalue weighted by molar-refractivity contribution is -0.451. The Balaban J connectivity index is 4.59. The highest BCUT2D eigenvalue weighted by atomic mass is 32.1. The number of hydroxylamine groups is 2. The van der Waals surface area contributed by atoms with E-state index in [0.29, 0.717) is 0 Å². The van der Waals surface area contributed by atoms with Crippen molar-refractivity contribution in [3.63, 3.8) is 0 Å². The summed E-state index contributed by atoms with van der Waals surface area (Å²) < 4.78 is 78.6. The third-order valence-corrected chi connectivity index (χ3v) is 0.784. The second kappa shape index (κ2) is 3.44. The number of rotatable bonds is 1. The fourth-order valence-corrected chi connectivity index (χ4v) is 0.497. The maximum absolute atomic E-state index is 11.4. The molecule has 0 aromatic rings. The molecule has 10 heteroatoms. The van der Waals surface area contributed by atoms with Gasteiger partial charge in [-0.1, -0.05) is 0 Å². The van der Waals surface area contributed by atoms with Gasteiger partial charge in [-0.25, -0.2) is 0 Å². The third-order valence-electron chi connectivity index (χ3n) is 0.568. The van der Waals surface area contributed by atoms with E-state index in [2.05, 4.69) is 4.28 Å². The van der Waals surface area contributed by atoms with E-state index >= 15 is 0 Å². The average Bonchev–Trinajstić information content (AvgIpc) is 1.77. The predicted molar refractivity (Wildman–Crippen MR) is 24.4 cm³/mol. The van der Waals surface area contributed by atoms with E-state index in [1.54, 1.807) is 0 Å². The molecule has 0 aliphatic rings. The molecule has 72 valence electrons. The maximum atomic E-state index is 11.4. The molecule has 0 aromatic carbocycles. The zero-order valence-electron chi connectivity index (χ0n) is 4.98. The highest BCUT2D eigenvalue weighted by molar-refractivity contribution is 7.80. The SMILES string of the molecule is N#SON(C(F)(F)F)C(F)(F)F. The lowest BCUT2D eigenvalue weighted by Crippen LogP contribution is -2.46. The summed E-state index contributed by atoms with van der Waals surface area (Å²) in [5.41, 5.74) is 0. The first kappa shape index (κ1) is 11.4. The zero-order valence-corrected chi connectivity index (χ0v) is 5.80. The first-order valence-electron chi connectivity index (χ1n) is 2.11. The molecule has 0 aliphatic carbocycles. The Labute approximate surface area is 65.6 Å². The van der Waals surface area contributed by atoms with E-state index < -0.39 is 29.3 Å². The summed E-state index contributed by atoms with van der Waals surface area (Å²) in [5.74, 6) is 0. The van der Waals surface area contributed by atoms with Gasteiger partial charge in [0.05, 0.1) is 0 Å². The molecule has 0 spiro atoms. The van der Waals surface area contributed by atoms with Crippen LogP contribution in [0, 0.1) is 4.61 Å². The summed E-state index contributed by atoms with van der Waals surface area (Å²) in [6.07, 6.45) is -11.5. The van der Waals surface area contributed by atoms with Crippen molar-refractivity contribution in [1.82, 2.24) is 5.06 Å². The largest absolute Gasteiger partial charge is 0.492 e. The fourth-order valence-electron chi connectivity index (χ4n) is 0.262. The third kappa shape index (κ3) is 3.22. The van der Waals surface area contributed by atoms with Crippen molar-refractivity contribution >= 4 is 11.7 Å². The van der Waals surface area contributed by atoms with Gasteiger partial charge in [0.25, 0.3) is 0 Å². The molecule has 0 rings (SSSR count). The molecule has 12 heavy (non-hydrogen) atoms. The Morgan fingerprint density at radius 3 is 1.42 bits per heavy atom. The summed E-state index contributed by atoms with van der Waals surface area (Å²) >= 11 is -1.05. The second-order valence-corrected chi connectivity index (χ2v) is 1.68. The summed E-state index contributed by atoms with van der Waals surface area (Å²) in [6, 6.07) is 0. The Morgan fingerprint density at radius 2 is 1.33 bits per heavy atom. The lowest BCUT2D eigenvalue weighted by atomic mass is 10.9. The molecule has 0 saturated carbocycles. The van der Waals surface area contributed by atoms with Crippen molar-refractivity contribution < 1.29 is 30.6 Å². The normalized spacial score (nSPS) is 13.5. The van der Waals surface area contributed by atoms with Crippen LogP contribution in [0.2, 0.25) is 0 Å². The minimum atomic E-state index is -5.74. The van der Waals surface area contributed by atoms with Gasteiger partial charge in [-0.2, -0.15) is 30.6 Å². The lowest BCUT2D eigenvalue weighted by Gasteiger charge is -2.21. The van der Waals surface area contributed by atoms with Gasteiger partial charge in [-0.3, -0.25) is 0 Å². The first-order chi connectivity index (χ1) is 5.19. The zero-order chi connectivity index (χ0) is 9.99. The van der Waals surface area contributed by atoms with E-state index in [4.69, 9.17) is 4.61 Å². The Bertz CT molecular complexity index is 177. The average molecular weight is 214 g/mol. The van der Waals surface area contributed by atoms with Crippen LogP contribution >= 0.6 is 11.7 Å². The Kier molecular flexibility index (Phi) is 3.27. The van der Waals surface area contributed by atoms with E-state index in [1.165, 1.54) is 0 Å². The van der Waals surface area contributed by atoms with E-state index in [9.17, 15) is 26.3 Å². The summed E-state index contributed by atoms with van der Waals surface area (Å²) in [6.45, 7) is 0. The molecule has 3 nitrogen and oxygen atoms in total. The highest BCUT2D eigenvalue weighted by Gasteiger charge is 2.56. The number of hydrogen-bond donors (Lipinski definition) is 0. The van der Waals surface area contributed by atoms with Crippen molar-refractivity contribution in [2.45, 2.75) is 12.6 Å². The summed E-state index contributed by atoms with van der Waals surface area (Å²) in [5, 5.41) is -2.23. The quantitative estimate of drug-likeness (QED) is 0.291. The molecular weight excluding hydrogens is 214 g/mol. The van der Waals surface area contributed by atoms with Crippen molar-refractivity contribution in [2.24, 2.45) is 0 Å². The standard InChI is InChI=1S/C2F6N2OS/c3-1(4,5)10(11-12-9)2(6,7)8. The maximum Gasteiger partial charge on any atom is 0.492 e. The van der Waals surface area contributed by atoms with Gasteiger partial charge in [-0.05, 0) is 0 Å². The summed E-state index contributed by atoms with van der Waals surface area (Å²) in [4.78, 5) is 0. The van der Waals surface area contributed by atoms with Crippen LogP contribution in [0.1, 0.15) is 0 Å². The molecule has 0 heterocycles. The van der Waals surface area contributed by atoms with E-state index in [0.717, 1.165) is 0 Å². The Morgan fingerprint density at radius 1 is 1.00 bits per heavy atom. The molecule has 0 radical (unpaired) electrons. The minimum absolute atomic E-state index is 1.05. The van der Waals surface area contributed by atoms with Gasteiger partial charge in [0.15, 0.2) is 0 Å². The number of alkyl halides is 6. The van der Waals surface area contributed by atoms with Crippen molar-refractivity contribution in [3.8, 4) is 0 Å². The van der Waals surface area contributed by atoms with Crippen LogP contribution in [-0.4, -0.2) is 17.7 Å². The Hall–Kier alpha value is -0.570. The van der Waals surface area contributed by atoms with Crippen molar-refractivity contribution in [1.29, 1.82) is 4.61 Å². The van der Waals surface area contributed by atoms with Crippen LogP contribution in [0.5, 0.6) is 0 Å². The molecule has 0 bridgehead atoms. The molecule has 0 atom stereocenters. The van der Waals surface area contributed by atoms with Crippen molar-refractivity contribution in [3.05, 3.63) is 0 Å². The molecule has 0 aromatic heterocycles. The van der Waals surface area contributed by atoms with Gasteiger partial charge >= 0.3 is 12.6 Å². The first-order valence-corrected chi connectivity index (χ1v) is 2.81. The monoisotopic (exact) mass is 214 g/mol. The van der Waals surface area contributed by atoms with Gasteiger partial charge in [0.2, 0.25) is 11.7 Å². The topological polar surface area (TPSA) is 36.3 Å². The van der Waals surface area contributed by atoms with Crippen molar-refractivity contribution in [2.75, 3.05) is 0 Å². The molecule has 0 fully saturated rings. The van der Waals surface area contributed by atoms with Crippen LogP contribution in [-0.2, 0) is 4.28 Å². The second-order valence-electron chi connectivity index (χ2n) is 1.38.